The van der Waals surface area contributed by atoms with Gasteiger partial charge in [0.1, 0.15) is 11.4 Å². The van der Waals surface area contributed by atoms with E-state index in [1.54, 1.807) is 6.07 Å². The van der Waals surface area contributed by atoms with Crippen molar-refractivity contribution in [3.63, 3.8) is 0 Å². The molecule has 2 aromatic rings. The van der Waals surface area contributed by atoms with Crippen LogP contribution in [0.5, 0.6) is 5.75 Å². The maximum absolute atomic E-state index is 12.6. The number of piperidine rings is 1. The molecule has 0 radical (unpaired) electrons. The van der Waals surface area contributed by atoms with Gasteiger partial charge in [-0.3, -0.25) is 30.3 Å². The van der Waals surface area contributed by atoms with Crippen molar-refractivity contribution in [1.29, 1.82) is 0 Å². The normalized spacial score (nSPS) is 13.2. The van der Waals surface area contributed by atoms with E-state index in [9.17, 15) is 25.0 Å². The fourth-order valence-electron chi connectivity index (χ4n) is 3.44. The molecule has 2 aromatic carbocycles. The highest BCUT2D eigenvalue weighted by molar-refractivity contribution is 7.80. The summed E-state index contributed by atoms with van der Waals surface area (Å²) in [5.41, 5.74) is 0.577. The molecule has 0 saturated carbocycles. The molecule has 3 rings (SSSR count). The Hall–Kier alpha value is -3.80. The number of carbonyl (C=O) groups excluding carboxylic acids is 1. The van der Waals surface area contributed by atoms with Crippen LogP contribution in [0.25, 0.3) is 0 Å². The summed E-state index contributed by atoms with van der Waals surface area (Å²) in [6.07, 6.45) is 3.02. The summed E-state index contributed by atoms with van der Waals surface area (Å²) in [6.45, 7) is 1.47. The number of thiocarbonyl (C=S) groups is 1. The Labute approximate surface area is 188 Å². The van der Waals surface area contributed by atoms with Crippen molar-refractivity contribution in [2.24, 2.45) is 0 Å². The van der Waals surface area contributed by atoms with E-state index in [-0.39, 0.29) is 27.8 Å². The number of non-ortho nitro benzene ring substituents is 1. The Bertz CT molecular complexity index is 1070. The number of benzene rings is 2. The van der Waals surface area contributed by atoms with Crippen LogP contribution in [0, 0.1) is 20.2 Å². The number of anilines is 2. The van der Waals surface area contributed by atoms with Gasteiger partial charge in [0.05, 0.1) is 28.7 Å². The van der Waals surface area contributed by atoms with Crippen LogP contribution in [-0.4, -0.2) is 41.1 Å². The molecule has 0 bridgehead atoms. The third kappa shape index (κ3) is 5.27. The topological polar surface area (TPSA) is 140 Å². The molecule has 1 saturated heterocycles. The SMILES string of the molecule is COc1cc([N+](=O)[O-])ccc1NC(=S)NC(=O)c1ccc(N2CCCCC2)c([N+](=O)[O-])c1. The third-order valence-corrected chi connectivity index (χ3v) is 5.21. The van der Waals surface area contributed by atoms with Crippen molar-refractivity contribution in [2.75, 3.05) is 30.4 Å². The highest BCUT2D eigenvalue weighted by Gasteiger charge is 2.23. The second kappa shape index (κ2) is 10.0. The van der Waals surface area contributed by atoms with Crippen molar-refractivity contribution in [3.8, 4) is 5.75 Å². The number of methoxy groups -OCH3 is 1. The first kappa shape index (κ1) is 22.9. The van der Waals surface area contributed by atoms with Gasteiger partial charge in [0.2, 0.25) is 0 Å². The first-order chi connectivity index (χ1) is 15.3. The summed E-state index contributed by atoms with van der Waals surface area (Å²) in [4.78, 5) is 36.0. The Morgan fingerprint density at radius 2 is 1.78 bits per heavy atom. The van der Waals surface area contributed by atoms with E-state index in [0.717, 1.165) is 32.4 Å². The van der Waals surface area contributed by atoms with Crippen LogP contribution in [0.4, 0.5) is 22.7 Å². The average molecular weight is 459 g/mol. The van der Waals surface area contributed by atoms with Crippen molar-refractivity contribution in [3.05, 3.63) is 62.2 Å². The molecule has 0 unspecified atom stereocenters. The molecule has 1 amide bonds. The molecular weight excluding hydrogens is 438 g/mol. The van der Waals surface area contributed by atoms with Gasteiger partial charge in [-0.25, -0.2) is 0 Å². The molecule has 0 aromatic heterocycles. The molecular formula is C20H21N5O6S. The number of hydrogen-bond acceptors (Lipinski definition) is 8. The monoisotopic (exact) mass is 459 g/mol. The number of nitro benzene ring substituents is 2. The summed E-state index contributed by atoms with van der Waals surface area (Å²) in [5.74, 6) is -0.464. The van der Waals surface area contributed by atoms with Crippen LogP contribution in [0.15, 0.2) is 36.4 Å². The van der Waals surface area contributed by atoms with E-state index < -0.39 is 15.8 Å². The van der Waals surface area contributed by atoms with Gasteiger partial charge in [-0.15, -0.1) is 0 Å². The lowest BCUT2D eigenvalue weighted by molar-refractivity contribution is -0.384. The number of rotatable bonds is 6. The Morgan fingerprint density at radius 3 is 2.41 bits per heavy atom. The largest absolute Gasteiger partial charge is 0.494 e. The van der Waals surface area contributed by atoms with E-state index in [0.29, 0.717) is 11.4 Å². The molecule has 1 aliphatic rings. The number of nitro groups is 2. The van der Waals surface area contributed by atoms with Crippen LogP contribution in [0.2, 0.25) is 0 Å². The van der Waals surface area contributed by atoms with E-state index >= 15 is 0 Å². The van der Waals surface area contributed by atoms with Gasteiger partial charge >= 0.3 is 0 Å². The maximum Gasteiger partial charge on any atom is 0.293 e. The summed E-state index contributed by atoms with van der Waals surface area (Å²) in [5, 5.41) is 27.6. The highest BCUT2D eigenvalue weighted by Crippen LogP contribution is 2.32. The number of amides is 1. The standard InChI is InChI=1S/C20H21N5O6S/c1-31-18-12-14(24(27)28)6-7-15(18)21-20(32)22-19(26)13-5-8-16(17(11-13)25(29)30)23-9-3-2-4-10-23/h5-8,11-12H,2-4,9-10H2,1H3,(H2,21,22,26,32). The molecule has 0 spiro atoms. The van der Waals surface area contributed by atoms with E-state index in [1.165, 1.54) is 37.4 Å². The predicted molar refractivity (Wildman–Crippen MR) is 122 cm³/mol. The minimum Gasteiger partial charge on any atom is -0.494 e. The van der Waals surface area contributed by atoms with Gasteiger partial charge in [-0.1, -0.05) is 0 Å². The van der Waals surface area contributed by atoms with Crippen molar-refractivity contribution < 1.29 is 19.4 Å². The Kier molecular flexibility index (Phi) is 7.15. The molecule has 0 atom stereocenters. The van der Waals surface area contributed by atoms with Crippen molar-refractivity contribution >= 4 is 46.0 Å². The smallest absolute Gasteiger partial charge is 0.293 e. The zero-order chi connectivity index (χ0) is 23.3. The molecule has 168 valence electrons. The molecule has 11 nitrogen and oxygen atoms in total. The van der Waals surface area contributed by atoms with Crippen molar-refractivity contribution in [2.45, 2.75) is 19.3 Å². The fraction of sp³-hybridized carbons (Fsp3) is 0.300. The zero-order valence-electron chi connectivity index (χ0n) is 17.2. The number of ether oxygens (including phenoxy) is 1. The second-order valence-corrected chi connectivity index (χ2v) is 7.47. The first-order valence-electron chi connectivity index (χ1n) is 9.78. The predicted octanol–water partition coefficient (Wildman–Crippen LogP) is 3.63. The minimum atomic E-state index is -0.628. The zero-order valence-corrected chi connectivity index (χ0v) is 18.0. The lowest BCUT2D eigenvalue weighted by Gasteiger charge is -2.28. The second-order valence-electron chi connectivity index (χ2n) is 7.06. The fourth-order valence-corrected chi connectivity index (χ4v) is 3.64. The van der Waals surface area contributed by atoms with Gasteiger partial charge < -0.3 is 15.0 Å². The van der Waals surface area contributed by atoms with Gasteiger partial charge in [-0.2, -0.15) is 0 Å². The molecule has 2 N–H and O–H groups in total. The van der Waals surface area contributed by atoms with Crippen LogP contribution in [-0.2, 0) is 0 Å². The van der Waals surface area contributed by atoms with Gasteiger partial charge in [0.15, 0.2) is 5.11 Å². The number of nitrogens with one attached hydrogen (secondary N) is 2. The lowest BCUT2D eigenvalue weighted by Crippen LogP contribution is -2.34. The third-order valence-electron chi connectivity index (χ3n) is 5.00. The summed E-state index contributed by atoms with van der Waals surface area (Å²) >= 11 is 5.14. The minimum absolute atomic E-state index is 0.0808. The number of hydrogen-bond donors (Lipinski definition) is 2. The highest BCUT2D eigenvalue weighted by atomic mass is 32.1. The molecule has 1 fully saturated rings. The van der Waals surface area contributed by atoms with Crippen molar-refractivity contribution in [1.82, 2.24) is 5.32 Å². The Morgan fingerprint density at radius 1 is 1.06 bits per heavy atom. The van der Waals surface area contributed by atoms with Crippen LogP contribution < -0.4 is 20.3 Å². The van der Waals surface area contributed by atoms with Crippen LogP contribution >= 0.6 is 12.2 Å². The first-order valence-corrected chi connectivity index (χ1v) is 10.2. The van der Waals surface area contributed by atoms with E-state index in [1.807, 2.05) is 4.90 Å². The van der Waals surface area contributed by atoms with Gasteiger partial charge in [0, 0.05) is 30.8 Å². The molecule has 1 heterocycles. The van der Waals surface area contributed by atoms with Crippen LogP contribution in [0.1, 0.15) is 29.6 Å². The lowest BCUT2D eigenvalue weighted by atomic mass is 10.1. The quantitative estimate of drug-likeness (QED) is 0.376. The Balaban J connectivity index is 1.74. The summed E-state index contributed by atoms with van der Waals surface area (Å²) in [7, 11) is 1.34. The van der Waals surface area contributed by atoms with Crippen LogP contribution in [0.3, 0.4) is 0 Å². The molecule has 0 aliphatic carbocycles. The number of carbonyl (C=O) groups is 1. The molecule has 32 heavy (non-hydrogen) atoms. The maximum atomic E-state index is 12.6. The molecule has 12 heteroatoms. The summed E-state index contributed by atoms with van der Waals surface area (Å²) in [6, 6.07) is 8.20. The number of nitrogens with zero attached hydrogens (tertiary/aromatic N) is 3. The summed E-state index contributed by atoms with van der Waals surface area (Å²) < 4.78 is 5.12. The van der Waals surface area contributed by atoms with Gasteiger partial charge in [0.25, 0.3) is 17.3 Å². The van der Waals surface area contributed by atoms with Gasteiger partial charge in [-0.05, 0) is 49.7 Å². The average Bonchev–Trinajstić information content (AvgIpc) is 2.79. The van der Waals surface area contributed by atoms with E-state index in [2.05, 4.69) is 10.6 Å². The van der Waals surface area contributed by atoms with E-state index in [4.69, 9.17) is 17.0 Å². The molecule has 1 aliphatic heterocycles.